The largest absolute Gasteiger partial charge is 0.372 e. The summed E-state index contributed by atoms with van der Waals surface area (Å²) < 4.78 is 5.90. The van der Waals surface area contributed by atoms with Gasteiger partial charge >= 0.3 is 0 Å². The summed E-state index contributed by atoms with van der Waals surface area (Å²) >= 11 is 5.48. The molecule has 0 aromatic heterocycles. The zero-order chi connectivity index (χ0) is 19.8. The summed E-state index contributed by atoms with van der Waals surface area (Å²) in [5.74, 6) is 0. The van der Waals surface area contributed by atoms with Gasteiger partial charge in [-0.05, 0) is 59.9 Å². The molecule has 0 saturated heterocycles. The van der Waals surface area contributed by atoms with E-state index in [4.69, 9.17) is 17.0 Å². The first-order valence-corrected chi connectivity index (χ1v) is 9.83. The molecule has 0 bridgehead atoms. The summed E-state index contributed by atoms with van der Waals surface area (Å²) in [6, 6.07) is 24.8. The monoisotopic (exact) mass is 390 g/mol. The second-order valence-corrected chi connectivity index (χ2v) is 7.28. The highest BCUT2D eigenvalue weighted by molar-refractivity contribution is 7.80. The number of hydrogen-bond donors (Lipinski definition) is 2. The van der Waals surface area contributed by atoms with Crippen LogP contribution >= 0.6 is 12.2 Å². The Morgan fingerprint density at radius 3 is 2.36 bits per heavy atom. The van der Waals surface area contributed by atoms with Crippen molar-refractivity contribution in [3.8, 4) is 0 Å². The zero-order valence-corrected chi connectivity index (χ0v) is 17.2. The number of rotatable bonds is 7. The molecule has 4 heteroatoms. The van der Waals surface area contributed by atoms with E-state index in [0.717, 1.165) is 5.69 Å². The third-order valence-corrected chi connectivity index (χ3v) is 4.81. The van der Waals surface area contributed by atoms with Crippen LogP contribution < -0.4 is 10.6 Å². The van der Waals surface area contributed by atoms with Gasteiger partial charge in [-0.3, -0.25) is 0 Å². The SMILES string of the molecule is Cc1ccc(C)c(NC(=S)NCc2ccccc2COCc2ccccc2)c1. The highest BCUT2D eigenvalue weighted by atomic mass is 32.1. The Morgan fingerprint density at radius 2 is 1.57 bits per heavy atom. The van der Waals surface area contributed by atoms with Crippen LogP contribution in [0.4, 0.5) is 5.69 Å². The fourth-order valence-electron chi connectivity index (χ4n) is 2.94. The van der Waals surface area contributed by atoms with Crippen LogP contribution in [0, 0.1) is 13.8 Å². The highest BCUT2D eigenvalue weighted by Gasteiger charge is 2.05. The van der Waals surface area contributed by atoms with Crippen molar-refractivity contribution in [1.29, 1.82) is 0 Å². The molecule has 3 nitrogen and oxygen atoms in total. The van der Waals surface area contributed by atoms with E-state index in [1.165, 1.54) is 27.8 Å². The van der Waals surface area contributed by atoms with Crippen molar-refractivity contribution in [2.75, 3.05) is 5.32 Å². The van der Waals surface area contributed by atoms with Gasteiger partial charge in [0.2, 0.25) is 0 Å². The second kappa shape index (κ2) is 10.0. The van der Waals surface area contributed by atoms with E-state index in [1.54, 1.807) is 0 Å². The van der Waals surface area contributed by atoms with Gasteiger partial charge in [-0.15, -0.1) is 0 Å². The summed E-state index contributed by atoms with van der Waals surface area (Å²) in [6.07, 6.45) is 0. The van der Waals surface area contributed by atoms with Crippen LogP contribution in [0.1, 0.15) is 27.8 Å². The predicted molar refractivity (Wildman–Crippen MR) is 120 cm³/mol. The van der Waals surface area contributed by atoms with Gasteiger partial charge < -0.3 is 15.4 Å². The van der Waals surface area contributed by atoms with Gasteiger partial charge in [0.25, 0.3) is 0 Å². The molecule has 0 heterocycles. The average Bonchev–Trinajstić information content (AvgIpc) is 2.71. The van der Waals surface area contributed by atoms with Gasteiger partial charge in [0.15, 0.2) is 5.11 Å². The van der Waals surface area contributed by atoms with Crippen LogP contribution in [0.2, 0.25) is 0 Å². The second-order valence-electron chi connectivity index (χ2n) is 6.87. The predicted octanol–water partition coefficient (Wildman–Crippen LogP) is 5.51. The minimum Gasteiger partial charge on any atom is -0.372 e. The minimum absolute atomic E-state index is 0.573. The molecule has 0 amide bonds. The Hall–Kier alpha value is -2.69. The topological polar surface area (TPSA) is 33.3 Å². The first-order valence-electron chi connectivity index (χ1n) is 9.42. The zero-order valence-electron chi connectivity index (χ0n) is 16.4. The summed E-state index contributed by atoms with van der Waals surface area (Å²) in [7, 11) is 0. The molecule has 0 unspecified atom stereocenters. The number of aryl methyl sites for hydroxylation is 2. The number of thiocarbonyl (C=S) groups is 1. The summed E-state index contributed by atoms with van der Waals surface area (Å²) in [5.41, 5.74) is 6.94. The van der Waals surface area contributed by atoms with Crippen molar-refractivity contribution < 1.29 is 4.74 Å². The first-order chi connectivity index (χ1) is 13.6. The Bertz CT molecular complexity index is 925. The Morgan fingerprint density at radius 1 is 0.857 bits per heavy atom. The fraction of sp³-hybridized carbons (Fsp3) is 0.208. The molecule has 0 aliphatic rings. The van der Waals surface area contributed by atoms with Gasteiger partial charge in [-0.2, -0.15) is 0 Å². The van der Waals surface area contributed by atoms with Crippen LogP contribution in [0.25, 0.3) is 0 Å². The maximum absolute atomic E-state index is 5.90. The lowest BCUT2D eigenvalue weighted by Gasteiger charge is -2.15. The van der Waals surface area contributed by atoms with Crippen LogP contribution in [0.15, 0.2) is 72.8 Å². The lowest BCUT2D eigenvalue weighted by atomic mass is 10.1. The van der Waals surface area contributed by atoms with Crippen molar-refractivity contribution in [3.05, 3.63) is 101 Å². The highest BCUT2D eigenvalue weighted by Crippen LogP contribution is 2.16. The molecular weight excluding hydrogens is 364 g/mol. The number of benzene rings is 3. The Labute approximate surface area is 172 Å². The smallest absolute Gasteiger partial charge is 0.171 e. The van der Waals surface area contributed by atoms with E-state index in [0.29, 0.717) is 24.9 Å². The maximum Gasteiger partial charge on any atom is 0.171 e. The molecule has 0 fully saturated rings. The Kier molecular flexibility index (Phi) is 7.18. The lowest BCUT2D eigenvalue weighted by Crippen LogP contribution is -2.28. The standard InChI is InChI=1S/C24H26N2OS/c1-18-12-13-19(2)23(14-18)26-24(28)25-15-21-10-6-7-11-22(21)17-27-16-20-8-4-3-5-9-20/h3-14H,15-17H2,1-2H3,(H2,25,26,28). The van der Waals surface area contributed by atoms with E-state index >= 15 is 0 Å². The average molecular weight is 391 g/mol. The number of hydrogen-bond acceptors (Lipinski definition) is 2. The van der Waals surface area contributed by atoms with Gasteiger partial charge in [0, 0.05) is 12.2 Å². The first kappa shape index (κ1) is 20.1. The fourth-order valence-corrected chi connectivity index (χ4v) is 3.12. The molecule has 144 valence electrons. The van der Waals surface area contributed by atoms with E-state index in [9.17, 15) is 0 Å². The van der Waals surface area contributed by atoms with Crippen molar-refractivity contribution in [3.63, 3.8) is 0 Å². The van der Waals surface area contributed by atoms with Crippen molar-refractivity contribution in [2.45, 2.75) is 33.6 Å². The quantitative estimate of drug-likeness (QED) is 0.522. The van der Waals surface area contributed by atoms with Gasteiger partial charge in [0.1, 0.15) is 0 Å². The molecule has 3 aromatic carbocycles. The molecular formula is C24H26N2OS. The van der Waals surface area contributed by atoms with E-state index in [1.807, 2.05) is 30.3 Å². The molecule has 0 spiro atoms. The van der Waals surface area contributed by atoms with Gasteiger partial charge in [-0.25, -0.2) is 0 Å². The number of ether oxygens (including phenoxy) is 1. The van der Waals surface area contributed by atoms with E-state index < -0.39 is 0 Å². The molecule has 0 atom stereocenters. The third kappa shape index (κ3) is 5.91. The molecule has 0 aliphatic heterocycles. The summed E-state index contributed by atoms with van der Waals surface area (Å²) in [4.78, 5) is 0. The van der Waals surface area contributed by atoms with Gasteiger partial charge in [0.05, 0.1) is 13.2 Å². The molecule has 28 heavy (non-hydrogen) atoms. The van der Waals surface area contributed by atoms with Crippen molar-refractivity contribution in [2.24, 2.45) is 0 Å². The molecule has 3 rings (SSSR count). The van der Waals surface area contributed by atoms with E-state index in [2.05, 4.69) is 66.9 Å². The molecule has 0 aliphatic carbocycles. The van der Waals surface area contributed by atoms with Crippen molar-refractivity contribution in [1.82, 2.24) is 5.32 Å². The Balaban J connectivity index is 1.54. The number of nitrogens with one attached hydrogen (secondary N) is 2. The van der Waals surface area contributed by atoms with Crippen LogP contribution in [-0.2, 0) is 24.5 Å². The van der Waals surface area contributed by atoms with Gasteiger partial charge in [-0.1, -0.05) is 66.7 Å². The van der Waals surface area contributed by atoms with Crippen molar-refractivity contribution >= 4 is 23.0 Å². The molecule has 3 aromatic rings. The van der Waals surface area contributed by atoms with Crippen LogP contribution in [-0.4, -0.2) is 5.11 Å². The maximum atomic E-state index is 5.90. The summed E-state index contributed by atoms with van der Waals surface area (Å²) in [5, 5.41) is 7.22. The third-order valence-electron chi connectivity index (χ3n) is 4.57. The van der Waals surface area contributed by atoms with Crippen LogP contribution in [0.5, 0.6) is 0 Å². The lowest BCUT2D eigenvalue weighted by molar-refractivity contribution is 0.106. The number of anilines is 1. The molecule has 0 radical (unpaired) electrons. The minimum atomic E-state index is 0.573. The van der Waals surface area contributed by atoms with Crippen LogP contribution in [0.3, 0.4) is 0 Å². The molecule has 0 saturated carbocycles. The summed E-state index contributed by atoms with van der Waals surface area (Å²) in [6.45, 7) is 5.98. The normalized spacial score (nSPS) is 10.5. The molecule has 2 N–H and O–H groups in total. The van der Waals surface area contributed by atoms with E-state index in [-0.39, 0.29) is 0 Å².